The molecule has 7 heteroatoms. The minimum absolute atomic E-state index is 0.00829. The van der Waals surface area contributed by atoms with Gasteiger partial charge in [-0.3, -0.25) is 0 Å². The van der Waals surface area contributed by atoms with Crippen LogP contribution in [0.3, 0.4) is 0 Å². The Bertz CT molecular complexity index is 396. The van der Waals surface area contributed by atoms with E-state index in [2.05, 4.69) is 25.2 Å². The van der Waals surface area contributed by atoms with Crippen molar-refractivity contribution in [3.05, 3.63) is 11.8 Å². The number of hydrogen-bond acceptors (Lipinski definition) is 5. The highest BCUT2D eigenvalue weighted by molar-refractivity contribution is 5.78. The molecule has 0 unspecified atom stereocenters. The molecule has 1 heterocycles. The molecular weight excluding hydrogens is 218 g/mol. The van der Waals surface area contributed by atoms with Crippen LogP contribution >= 0.6 is 0 Å². The normalized spacial score (nSPS) is 10.4. The number of rotatable bonds is 5. The minimum atomic E-state index is -0.00829. The van der Waals surface area contributed by atoms with Gasteiger partial charge in [0.25, 0.3) is 0 Å². The first-order valence-corrected chi connectivity index (χ1v) is 5.31. The summed E-state index contributed by atoms with van der Waals surface area (Å²) < 4.78 is 0. The Morgan fingerprint density at radius 2 is 2.18 bits per heavy atom. The van der Waals surface area contributed by atoms with Crippen LogP contribution in [0.1, 0.15) is 5.56 Å². The molecular formula is C10H19N7. The highest BCUT2D eigenvalue weighted by Gasteiger charge is 2.02. The Balaban J connectivity index is 2.72. The number of nitrogens with one attached hydrogen (secondary N) is 1. The van der Waals surface area contributed by atoms with Gasteiger partial charge in [-0.05, 0) is 21.0 Å². The second kappa shape index (κ2) is 6.00. The molecule has 0 atom stereocenters. The molecule has 0 aliphatic rings. The summed E-state index contributed by atoms with van der Waals surface area (Å²) >= 11 is 0. The monoisotopic (exact) mass is 237 g/mol. The molecule has 0 spiro atoms. The van der Waals surface area contributed by atoms with Gasteiger partial charge in [-0.1, -0.05) is 0 Å². The van der Waals surface area contributed by atoms with E-state index in [0.717, 1.165) is 18.7 Å². The molecule has 5 N–H and O–H groups in total. The van der Waals surface area contributed by atoms with E-state index in [9.17, 15) is 0 Å². The number of hydrogen-bond donors (Lipinski definition) is 3. The molecule has 94 valence electrons. The first-order valence-electron chi connectivity index (χ1n) is 5.31. The summed E-state index contributed by atoms with van der Waals surface area (Å²) in [5.74, 6) is 1.01. The van der Waals surface area contributed by atoms with Crippen LogP contribution in [0.5, 0.6) is 0 Å². The molecule has 1 aromatic heterocycles. The van der Waals surface area contributed by atoms with Gasteiger partial charge in [-0.25, -0.2) is 4.98 Å². The molecule has 0 aliphatic heterocycles. The van der Waals surface area contributed by atoms with Crippen LogP contribution in [0.2, 0.25) is 0 Å². The van der Waals surface area contributed by atoms with Crippen LogP contribution in [0.25, 0.3) is 0 Å². The Hall–Kier alpha value is -1.89. The van der Waals surface area contributed by atoms with Crippen molar-refractivity contribution >= 4 is 17.7 Å². The van der Waals surface area contributed by atoms with Crippen molar-refractivity contribution in [1.82, 2.24) is 14.9 Å². The summed E-state index contributed by atoms with van der Waals surface area (Å²) in [5, 5.41) is 3.10. The number of nitrogens with zero attached hydrogens (tertiary/aromatic N) is 4. The third-order valence-electron chi connectivity index (χ3n) is 2.02. The van der Waals surface area contributed by atoms with Gasteiger partial charge in [0.2, 0.25) is 5.95 Å². The first-order chi connectivity index (χ1) is 7.99. The average molecular weight is 237 g/mol. The van der Waals surface area contributed by atoms with E-state index in [1.54, 1.807) is 6.20 Å². The lowest BCUT2D eigenvalue weighted by Crippen LogP contribution is -2.22. The molecule has 1 rings (SSSR count). The Morgan fingerprint density at radius 3 is 2.76 bits per heavy atom. The fourth-order valence-electron chi connectivity index (χ4n) is 1.15. The van der Waals surface area contributed by atoms with Gasteiger partial charge < -0.3 is 21.7 Å². The van der Waals surface area contributed by atoms with Crippen LogP contribution in [-0.4, -0.2) is 48.0 Å². The third kappa shape index (κ3) is 4.64. The van der Waals surface area contributed by atoms with E-state index in [0.29, 0.717) is 11.8 Å². The van der Waals surface area contributed by atoms with Gasteiger partial charge in [0.05, 0.1) is 0 Å². The molecule has 0 saturated carbocycles. The molecule has 0 radical (unpaired) electrons. The highest BCUT2D eigenvalue weighted by atomic mass is 15.2. The van der Waals surface area contributed by atoms with Gasteiger partial charge in [-0.15, -0.1) is 0 Å². The van der Waals surface area contributed by atoms with Crippen LogP contribution in [0.4, 0.5) is 11.8 Å². The number of aromatic nitrogens is 2. The van der Waals surface area contributed by atoms with Crippen LogP contribution in [0.15, 0.2) is 11.2 Å². The van der Waals surface area contributed by atoms with E-state index in [4.69, 9.17) is 11.5 Å². The lowest BCUT2D eigenvalue weighted by atomic mass is 10.3. The lowest BCUT2D eigenvalue weighted by molar-refractivity contribution is 0.425. The number of aryl methyl sites for hydroxylation is 1. The van der Waals surface area contributed by atoms with Crippen molar-refractivity contribution in [2.45, 2.75) is 6.92 Å². The minimum Gasteiger partial charge on any atom is -0.370 e. The van der Waals surface area contributed by atoms with E-state index >= 15 is 0 Å². The van der Waals surface area contributed by atoms with E-state index in [-0.39, 0.29) is 5.96 Å². The molecule has 0 bridgehead atoms. The average Bonchev–Trinajstić information content (AvgIpc) is 2.21. The molecule has 0 fully saturated rings. The molecule has 0 aliphatic carbocycles. The summed E-state index contributed by atoms with van der Waals surface area (Å²) in [6.45, 7) is 3.51. The predicted molar refractivity (Wildman–Crippen MR) is 69.3 cm³/mol. The Kier molecular flexibility index (Phi) is 4.65. The van der Waals surface area contributed by atoms with Crippen molar-refractivity contribution in [2.75, 3.05) is 32.5 Å². The zero-order valence-electron chi connectivity index (χ0n) is 10.4. The fourth-order valence-corrected chi connectivity index (χ4v) is 1.15. The van der Waals surface area contributed by atoms with Gasteiger partial charge in [0, 0.05) is 24.8 Å². The van der Waals surface area contributed by atoms with Crippen LogP contribution in [0, 0.1) is 6.92 Å². The number of aliphatic imine (C=N–C) groups is 1. The zero-order chi connectivity index (χ0) is 12.8. The lowest BCUT2D eigenvalue weighted by Gasteiger charge is -2.10. The molecule has 1 aromatic rings. The maximum Gasteiger partial charge on any atom is 0.224 e. The smallest absolute Gasteiger partial charge is 0.224 e. The SMILES string of the molecule is Cc1cnc(NCCN(C)C)nc1N=C(N)N. The van der Waals surface area contributed by atoms with Crippen LogP contribution < -0.4 is 16.8 Å². The molecule has 0 saturated heterocycles. The second-order valence-electron chi connectivity index (χ2n) is 3.97. The van der Waals surface area contributed by atoms with Crippen molar-refractivity contribution in [3.8, 4) is 0 Å². The number of nitrogens with two attached hydrogens (primary N) is 2. The Morgan fingerprint density at radius 1 is 1.47 bits per heavy atom. The maximum absolute atomic E-state index is 5.32. The van der Waals surface area contributed by atoms with Gasteiger partial charge in [-0.2, -0.15) is 9.98 Å². The van der Waals surface area contributed by atoms with E-state index in [1.807, 2.05) is 21.0 Å². The maximum atomic E-state index is 5.32. The molecule has 0 amide bonds. The zero-order valence-corrected chi connectivity index (χ0v) is 10.4. The van der Waals surface area contributed by atoms with Crippen molar-refractivity contribution in [2.24, 2.45) is 16.5 Å². The Labute approximate surface area is 101 Å². The molecule has 7 nitrogen and oxygen atoms in total. The van der Waals surface area contributed by atoms with Crippen molar-refractivity contribution in [1.29, 1.82) is 0 Å². The number of likely N-dealkylation sites (N-methyl/N-ethyl adjacent to an activating group) is 1. The summed E-state index contributed by atoms with van der Waals surface area (Å²) in [6.07, 6.45) is 1.69. The largest absolute Gasteiger partial charge is 0.370 e. The molecule has 0 aromatic carbocycles. The third-order valence-corrected chi connectivity index (χ3v) is 2.02. The number of guanidine groups is 1. The second-order valence-corrected chi connectivity index (χ2v) is 3.97. The van der Waals surface area contributed by atoms with E-state index < -0.39 is 0 Å². The predicted octanol–water partition coefficient (Wildman–Crippen LogP) is -0.337. The van der Waals surface area contributed by atoms with E-state index in [1.165, 1.54) is 0 Å². The van der Waals surface area contributed by atoms with Gasteiger partial charge in [0.15, 0.2) is 11.8 Å². The van der Waals surface area contributed by atoms with Crippen molar-refractivity contribution in [3.63, 3.8) is 0 Å². The van der Waals surface area contributed by atoms with Gasteiger partial charge >= 0.3 is 0 Å². The highest BCUT2D eigenvalue weighted by Crippen LogP contribution is 2.15. The quantitative estimate of drug-likeness (QED) is 0.478. The first kappa shape index (κ1) is 13.2. The number of anilines is 1. The topological polar surface area (TPSA) is 105 Å². The van der Waals surface area contributed by atoms with Crippen molar-refractivity contribution < 1.29 is 0 Å². The van der Waals surface area contributed by atoms with Crippen LogP contribution in [-0.2, 0) is 0 Å². The van der Waals surface area contributed by atoms with Gasteiger partial charge in [0.1, 0.15) is 0 Å². The summed E-state index contributed by atoms with van der Waals surface area (Å²) in [5.41, 5.74) is 11.5. The molecule has 17 heavy (non-hydrogen) atoms. The summed E-state index contributed by atoms with van der Waals surface area (Å²) in [6, 6.07) is 0. The standard InChI is InChI=1S/C10H19N7/c1-7-6-14-10(13-4-5-17(2)3)16-8(7)15-9(11)12/h6H,4-5H2,1-3H3,(H5,11,12,13,14,15,16). The summed E-state index contributed by atoms with van der Waals surface area (Å²) in [7, 11) is 4.01. The fraction of sp³-hybridized carbons (Fsp3) is 0.500. The summed E-state index contributed by atoms with van der Waals surface area (Å²) in [4.78, 5) is 14.4.